The first-order chi connectivity index (χ1) is 12.7. The van der Waals surface area contributed by atoms with Crippen LogP contribution < -0.4 is 5.32 Å². The molecule has 0 unspecified atom stereocenters. The number of aromatic nitrogens is 1. The highest BCUT2D eigenvalue weighted by Gasteiger charge is 2.26. The van der Waals surface area contributed by atoms with E-state index in [1.165, 1.54) is 7.11 Å². The van der Waals surface area contributed by atoms with Crippen molar-refractivity contribution in [3.8, 4) is 0 Å². The largest absolute Gasteiger partial charge is 0.465 e. The standard InChI is InChI=1S/C19H23N3O4/c1-25-18(23)14-4-2-3-13-15-10-22(7-5-16(15)21-17(13)14)19(24)20-9-12-6-8-26-11-12/h2-4,12,21H,5-11H2,1H3,(H,20,24)/t12-/m1/s1. The lowest BCUT2D eigenvalue weighted by molar-refractivity contribution is 0.0602. The number of nitrogens with one attached hydrogen (secondary N) is 2. The van der Waals surface area contributed by atoms with Gasteiger partial charge in [-0.25, -0.2) is 9.59 Å². The third kappa shape index (κ3) is 3.03. The highest BCUT2D eigenvalue weighted by molar-refractivity contribution is 6.04. The summed E-state index contributed by atoms with van der Waals surface area (Å²) in [5.41, 5.74) is 3.48. The average molecular weight is 357 g/mol. The summed E-state index contributed by atoms with van der Waals surface area (Å²) >= 11 is 0. The first-order valence-electron chi connectivity index (χ1n) is 8.98. The van der Waals surface area contributed by atoms with Crippen LogP contribution in [0.25, 0.3) is 10.9 Å². The minimum Gasteiger partial charge on any atom is -0.465 e. The number of fused-ring (bicyclic) bond motifs is 3. The Hall–Kier alpha value is -2.54. The number of H-pyrrole nitrogens is 1. The molecule has 7 nitrogen and oxygen atoms in total. The molecule has 1 aromatic carbocycles. The summed E-state index contributed by atoms with van der Waals surface area (Å²) in [6.07, 6.45) is 1.74. The number of amides is 2. The van der Waals surface area contributed by atoms with Crippen LogP contribution in [0.4, 0.5) is 4.79 Å². The molecule has 26 heavy (non-hydrogen) atoms. The van der Waals surface area contributed by atoms with Crippen LogP contribution in [0.2, 0.25) is 0 Å². The number of methoxy groups -OCH3 is 1. The zero-order valence-electron chi connectivity index (χ0n) is 14.8. The quantitative estimate of drug-likeness (QED) is 0.824. The van der Waals surface area contributed by atoms with E-state index in [0.717, 1.165) is 48.2 Å². The predicted molar refractivity (Wildman–Crippen MR) is 96.1 cm³/mol. The van der Waals surface area contributed by atoms with Crippen LogP contribution in [0.1, 0.15) is 28.0 Å². The number of rotatable bonds is 3. The van der Waals surface area contributed by atoms with Crippen molar-refractivity contribution in [2.45, 2.75) is 19.4 Å². The van der Waals surface area contributed by atoms with Gasteiger partial charge >= 0.3 is 12.0 Å². The summed E-state index contributed by atoms with van der Waals surface area (Å²) in [5.74, 6) is 0.0533. The number of ether oxygens (including phenoxy) is 2. The molecule has 1 fully saturated rings. The van der Waals surface area contributed by atoms with E-state index in [9.17, 15) is 9.59 Å². The number of benzene rings is 1. The summed E-state index contributed by atoms with van der Waals surface area (Å²) in [5, 5.41) is 4.00. The number of carbonyl (C=O) groups is 2. The third-order valence-electron chi connectivity index (χ3n) is 5.27. The van der Waals surface area contributed by atoms with Crippen molar-refractivity contribution in [1.82, 2.24) is 15.2 Å². The predicted octanol–water partition coefficient (Wildman–Crippen LogP) is 2.06. The lowest BCUT2D eigenvalue weighted by Gasteiger charge is -2.28. The van der Waals surface area contributed by atoms with E-state index in [4.69, 9.17) is 9.47 Å². The van der Waals surface area contributed by atoms with E-state index >= 15 is 0 Å². The van der Waals surface area contributed by atoms with Crippen molar-refractivity contribution in [3.63, 3.8) is 0 Å². The van der Waals surface area contributed by atoms with Crippen LogP contribution in [0.15, 0.2) is 18.2 Å². The first-order valence-corrected chi connectivity index (χ1v) is 8.98. The Morgan fingerprint density at radius 1 is 1.42 bits per heavy atom. The first kappa shape index (κ1) is 16.9. The molecule has 0 saturated carbocycles. The molecule has 0 spiro atoms. The van der Waals surface area contributed by atoms with Gasteiger partial charge in [-0.15, -0.1) is 0 Å². The van der Waals surface area contributed by atoms with Gasteiger partial charge in [0.1, 0.15) is 0 Å². The van der Waals surface area contributed by atoms with Gasteiger partial charge in [0.15, 0.2) is 0 Å². The van der Waals surface area contributed by atoms with E-state index in [-0.39, 0.29) is 12.0 Å². The van der Waals surface area contributed by atoms with Gasteiger partial charge in [0.25, 0.3) is 0 Å². The maximum absolute atomic E-state index is 12.5. The fourth-order valence-electron chi connectivity index (χ4n) is 3.78. The SMILES string of the molecule is COC(=O)c1cccc2c3c([nH]c12)CCN(C(=O)NC[C@H]1CCOC1)C3. The molecule has 7 heteroatoms. The van der Waals surface area contributed by atoms with Crippen molar-refractivity contribution in [2.24, 2.45) is 5.92 Å². The second-order valence-electron chi connectivity index (χ2n) is 6.89. The molecule has 0 radical (unpaired) electrons. The highest BCUT2D eigenvalue weighted by atomic mass is 16.5. The van der Waals surface area contributed by atoms with E-state index < -0.39 is 0 Å². The molecule has 1 saturated heterocycles. The second-order valence-corrected chi connectivity index (χ2v) is 6.89. The summed E-state index contributed by atoms with van der Waals surface area (Å²) in [6, 6.07) is 5.54. The minimum absolute atomic E-state index is 0.0407. The summed E-state index contributed by atoms with van der Waals surface area (Å²) < 4.78 is 10.2. The molecule has 1 atom stereocenters. The topological polar surface area (TPSA) is 83.7 Å². The molecule has 2 aliphatic heterocycles. The molecule has 0 bridgehead atoms. The van der Waals surface area contributed by atoms with E-state index in [0.29, 0.717) is 31.1 Å². The Kier molecular flexibility index (Phi) is 4.55. The summed E-state index contributed by atoms with van der Waals surface area (Å²) in [7, 11) is 1.38. The van der Waals surface area contributed by atoms with Crippen molar-refractivity contribution in [3.05, 3.63) is 35.0 Å². The van der Waals surface area contributed by atoms with E-state index in [1.807, 2.05) is 17.0 Å². The monoisotopic (exact) mass is 357 g/mol. The molecule has 2 aliphatic rings. The van der Waals surface area contributed by atoms with E-state index in [1.54, 1.807) is 6.07 Å². The van der Waals surface area contributed by atoms with Crippen molar-refractivity contribution in [2.75, 3.05) is 33.4 Å². The van der Waals surface area contributed by atoms with Crippen LogP contribution >= 0.6 is 0 Å². The zero-order chi connectivity index (χ0) is 18.1. The van der Waals surface area contributed by atoms with Crippen molar-refractivity contribution in [1.29, 1.82) is 0 Å². The van der Waals surface area contributed by atoms with Crippen LogP contribution in [0, 0.1) is 5.92 Å². The maximum atomic E-state index is 12.5. The normalized spacial score (nSPS) is 19.4. The maximum Gasteiger partial charge on any atom is 0.339 e. The molecule has 1 aromatic heterocycles. The lowest BCUT2D eigenvalue weighted by atomic mass is 10.0. The fourth-order valence-corrected chi connectivity index (χ4v) is 3.78. The average Bonchev–Trinajstić information content (AvgIpc) is 3.32. The molecule has 2 N–H and O–H groups in total. The molecular weight excluding hydrogens is 334 g/mol. The number of aromatic amines is 1. The molecule has 3 heterocycles. The Bertz CT molecular complexity index is 839. The van der Waals surface area contributed by atoms with Gasteiger partial charge in [0.2, 0.25) is 0 Å². The number of esters is 1. The van der Waals surface area contributed by atoms with E-state index in [2.05, 4.69) is 10.3 Å². The van der Waals surface area contributed by atoms with Gasteiger partial charge < -0.3 is 24.7 Å². The molecule has 4 rings (SSSR count). The second kappa shape index (κ2) is 6.99. The van der Waals surface area contributed by atoms with Crippen LogP contribution in [-0.2, 0) is 22.4 Å². The van der Waals surface area contributed by atoms with Gasteiger partial charge in [-0.2, -0.15) is 0 Å². The van der Waals surface area contributed by atoms with Crippen molar-refractivity contribution >= 4 is 22.9 Å². The molecular formula is C19H23N3O4. The lowest BCUT2D eigenvalue weighted by Crippen LogP contribution is -2.44. The summed E-state index contributed by atoms with van der Waals surface area (Å²) in [6.45, 7) is 3.35. The van der Waals surface area contributed by atoms with Crippen molar-refractivity contribution < 1.29 is 19.1 Å². The van der Waals surface area contributed by atoms with Gasteiger partial charge in [-0.1, -0.05) is 12.1 Å². The minimum atomic E-state index is -0.359. The number of hydrogen-bond acceptors (Lipinski definition) is 4. The molecule has 2 amide bonds. The zero-order valence-corrected chi connectivity index (χ0v) is 14.8. The van der Waals surface area contributed by atoms with Crippen LogP contribution in [0.3, 0.4) is 0 Å². The fraction of sp³-hybridized carbons (Fsp3) is 0.474. The number of hydrogen-bond donors (Lipinski definition) is 2. The molecule has 0 aliphatic carbocycles. The Morgan fingerprint density at radius 2 is 2.31 bits per heavy atom. The van der Waals surface area contributed by atoms with Crippen LogP contribution in [0.5, 0.6) is 0 Å². The smallest absolute Gasteiger partial charge is 0.339 e. The number of para-hydroxylation sites is 1. The Balaban J connectivity index is 1.52. The number of urea groups is 1. The number of carbonyl (C=O) groups excluding carboxylic acids is 2. The number of nitrogens with zero attached hydrogens (tertiary/aromatic N) is 1. The molecule has 138 valence electrons. The third-order valence-corrected chi connectivity index (χ3v) is 5.27. The Morgan fingerprint density at radius 3 is 3.08 bits per heavy atom. The van der Waals surface area contributed by atoms with Gasteiger partial charge in [-0.05, 0) is 12.5 Å². The van der Waals surface area contributed by atoms with Gasteiger partial charge in [0.05, 0.1) is 24.8 Å². The highest BCUT2D eigenvalue weighted by Crippen LogP contribution is 2.30. The van der Waals surface area contributed by atoms with Gasteiger partial charge in [-0.3, -0.25) is 0 Å². The molecule has 2 aromatic rings. The Labute approximate surface area is 151 Å². The van der Waals surface area contributed by atoms with Gasteiger partial charge in [0, 0.05) is 55.2 Å². The summed E-state index contributed by atoms with van der Waals surface area (Å²) in [4.78, 5) is 29.7. The van der Waals surface area contributed by atoms with Crippen LogP contribution in [-0.4, -0.2) is 55.3 Å².